The molecular weight excluding hydrogens is 723 g/mol. The van der Waals surface area contributed by atoms with Crippen molar-refractivity contribution >= 4 is 57.2 Å². The van der Waals surface area contributed by atoms with Gasteiger partial charge in [-0.05, 0) is 55.8 Å². The number of methoxy groups -OCH3 is 2. The number of hydrogen-bond donors (Lipinski definition) is 0. The molecule has 54 heavy (non-hydrogen) atoms. The summed E-state index contributed by atoms with van der Waals surface area (Å²) in [6, 6.07) is 6.96. The number of rotatable bonds is 13. The van der Waals surface area contributed by atoms with Crippen molar-refractivity contribution in [2.75, 3.05) is 60.4 Å². The first-order chi connectivity index (χ1) is 26.0. The van der Waals surface area contributed by atoms with E-state index in [1.165, 1.54) is 0 Å². The van der Waals surface area contributed by atoms with Gasteiger partial charge >= 0.3 is 0 Å². The van der Waals surface area contributed by atoms with Crippen LogP contribution in [-0.4, -0.2) is 123 Å². The fraction of sp³-hybridized carbons (Fsp3) is 0.415. The van der Waals surface area contributed by atoms with Crippen LogP contribution in [0.25, 0.3) is 0 Å². The summed E-state index contributed by atoms with van der Waals surface area (Å²) in [5, 5.41) is 0.436. The molecule has 13 heteroatoms. The zero-order chi connectivity index (χ0) is 38.1. The molecule has 0 saturated carbocycles. The number of likely N-dealkylation sites (N-methyl/N-ethyl adjacent to an activating group) is 1. The van der Waals surface area contributed by atoms with Gasteiger partial charge in [-0.1, -0.05) is 65.0 Å². The molecule has 1 unspecified atom stereocenters. The number of amides is 2. The maximum absolute atomic E-state index is 13.5. The number of fused-ring (bicyclic) bond motifs is 4. The van der Waals surface area contributed by atoms with E-state index in [2.05, 4.69) is 50.4 Å². The Morgan fingerprint density at radius 3 is 1.89 bits per heavy atom. The molecule has 0 bridgehead atoms. The fourth-order valence-electron chi connectivity index (χ4n) is 7.69. The van der Waals surface area contributed by atoms with Crippen LogP contribution in [0.15, 0.2) is 81.9 Å². The van der Waals surface area contributed by atoms with E-state index in [1.54, 1.807) is 49.3 Å². The van der Waals surface area contributed by atoms with E-state index < -0.39 is 0 Å². The second-order valence-corrected chi connectivity index (χ2v) is 17.3. The molecule has 7 rings (SSSR count). The Kier molecular flexibility index (Phi) is 11.3. The number of aliphatic imine (C=N–C) groups is 2. The first kappa shape index (κ1) is 37.8. The van der Waals surface area contributed by atoms with Gasteiger partial charge in [0.25, 0.3) is 11.8 Å². The van der Waals surface area contributed by atoms with Gasteiger partial charge in [-0.3, -0.25) is 24.5 Å². The number of hydrogen-bond acceptors (Lipinski definition) is 11. The molecule has 2 aromatic rings. The normalized spacial score (nSPS) is 22.2. The lowest BCUT2D eigenvalue weighted by Gasteiger charge is -2.31. The van der Waals surface area contributed by atoms with Crippen molar-refractivity contribution in [3.05, 3.63) is 83.0 Å². The summed E-state index contributed by atoms with van der Waals surface area (Å²) < 4.78 is 24.4. The lowest BCUT2D eigenvalue weighted by Crippen LogP contribution is -2.36. The van der Waals surface area contributed by atoms with Crippen molar-refractivity contribution in [2.45, 2.75) is 49.6 Å². The van der Waals surface area contributed by atoms with Gasteiger partial charge in [0.15, 0.2) is 23.0 Å². The minimum absolute atomic E-state index is 0.0864. The lowest BCUT2D eigenvalue weighted by molar-refractivity contribution is 0.0770. The summed E-state index contributed by atoms with van der Waals surface area (Å²) in [5.41, 5.74) is 6.20. The van der Waals surface area contributed by atoms with E-state index in [0.29, 0.717) is 83.3 Å². The highest BCUT2D eigenvalue weighted by atomic mass is 33.1. The average Bonchev–Trinajstić information content (AvgIpc) is 3.67. The van der Waals surface area contributed by atoms with Crippen LogP contribution in [0, 0.1) is 0 Å². The second-order valence-electron chi connectivity index (χ2n) is 14.4. The van der Waals surface area contributed by atoms with Crippen LogP contribution < -0.4 is 18.9 Å². The van der Waals surface area contributed by atoms with Gasteiger partial charge in [0.05, 0.1) is 48.8 Å². The standard InChI is InChI=1S/C41H47N5O6S2/c1-24-8-30-17-42-34-15-38(36(49-5)13-32(34)40(47)45(30)19-24)51-22-27-10-28(12-29(11-27)44(4)21-26(3)54-53-7)23-52-39-16-35-33(14-37(39)50-6)41(48)46-20-25(2)9-31(46)18-43-35/h10-11,13-18,26,29-31H,1-2,8-9,12,19-23H2,3-7H3/t26-,29?,30-,31-/m0/s1. The molecule has 2 aromatic carbocycles. The first-order valence-corrected chi connectivity index (χ1v) is 20.7. The first-order valence-electron chi connectivity index (χ1n) is 18.1. The van der Waals surface area contributed by atoms with E-state index in [9.17, 15) is 9.59 Å². The molecule has 284 valence electrons. The molecule has 2 fully saturated rings. The van der Waals surface area contributed by atoms with Crippen LogP contribution in [0.5, 0.6) is 23.0 Å². The summed E-state index contributed by atoms with van der Waals surface area (Å²) in [6.45, 7) is 12.9. The van der Waals surface area contributed by atoms with Gasteiger partial charge in [0.1, 0.15) is 13.2 Å². The Labute approximate surface area is 325 Å². The molecule has 5 aliphatic rings. The van der Waals surface area contributed by atoms with Crippen molar-refractivity contribution in [2.24, 2.45) is 9.98 Å². The molecule has 4 aliphatic heterocycles. The van der Waals surface area contributed by atoms with Gasteiger partial charge in [-0.2, -0.15) is 0 Å². The van der Waals surface area contributed by atoms with Gasteiger partial charge < -0.3 is 28.7 Å². The highest BCUT2D eigenvalue weighted by molar-refractivity contribution is 8.76. The molecule has 4 atom stereocenters. The third kappa shape index (κ3) is 7.85. The summed E-state index contributed by atoms with van der Waals surface area (Å²) in [4.78, 5) is 42.4. The van der Waals surface area contributed by atoms with Crippen LogP contribution in [0.1, 0.15) is 46.9 Å². The summed E-state index contributed by atoms with van der Waals surface area (Å²) in [6.07, 6.45) is 12.3. The minimum Gasteiger partial charge on any atom is -0.493 e. The summed E-state index contributed by atoms with van der Waals surface area (Å²) >= 11 is 0. The zero-order valence-corrected chi connectivity index (χ0v) is 33.1. The number of ether oxygens (including phenoxy) is 4. The zero-order valence-electron chi connectivity index (χ0n) is 31.5. The van der Waals surface area contributed by atoms with E-state index >= 15 is 0 Å². The monoisotopic (exact) mass is 769 g/mol. The van der Waals surface area contributed by atoms with Crippen molar-refractivity contribution in [1.29, 1.82) is 0 Å². The third-order valence-electron chi connectivity index (χ3n) is 10.3. The van der Waals surface area contributed by atoms with Crippen molar-refractivity contribution in [3.63, 3.8) is 0 Å². The molecule has 11 nitrogen and oxygen atoms in total. The van der Waals surface area contributed by atoms with Crippen LogP contribution in [0.4, 0.5) is 11.4 Å². The topological polar surface area (TPSA) is 106 Å². The number of carbonyl (C=O) groups is 2. The predicted octanol–water partition coefficient (Wildman–Crippen LogP) is 7.09. The lowest BCUT2D eigenvalue weighted by atomic mass is 9.95. The molecule has 2 amide bonds. The highest BCUT2D eigenvalue weighted by Gasteiger charge is 2.36. The van der Waals surface area contributed by atoms with Crippen LogP contribution in [-0.2, 0) is 0 Å². The minimum atomic E-state index is -0.101. The SMILES string of the molecule is C=C1C[C@H]2C=Nc3cc(OCC4=CC(N(C)C[C@H](C)SSC)CC(COc5cc6c(cc5OC)C(=O)N5CC(=C)C[C@H]5C=N6)=C4)c(OC)cc3C(=O)N2C1. The summed E-state index contributed by atoms with van der Waals surface area (Å²) in [5.74, 6) is 1.80. The Morgan fingerprint density at radius 1 is 0.833 bits per heavy atom. The molecule has 4 heterocycles. The predicted molar refractivity (Wildman–Crippen MR) is 218 cm³/mol. The van der Waals surface area contributed by atoms with Crippen molar-refractivity contribution < 1.29 is 28.5 Å². The maximum atomic E-state index is 13.5. The number of nitrogens with zero attached hydrogens (tertiary/aromatic N) is 5. The van der Waals surface area contributed by atoms with Gasteiger partial charge in [-0.15, -0.1) is 0 Å². The molecule has 0 radical (unpaired) electrons. The summed E-state index contributed by atoms with van der Waals surface area (Å²) in [7, 11) is 8.94. The van der Waals surface area contributed by atoms with Crippen LogP contribution >= 0.6 is 21.6 Å². The molecule has 1 aliphatic carbocycles. The Hall–Kier alpha value is -4.46. The average molecular weight is 770 g/mol. The van der Waals surface area contributed by atoms with Crippen molar-refractivity contribution in [1.82, 2.24) is 14.7 Å². The van der Waals surface area contributed by atoms with Gasteiger partial charge in [-0.25, -0.2) is 0 Å². The van der Waals surface area contributed by atoms with Crippen LogP contribution in [0.3, 0.4) is 0 Å². The van der Waals surface area contributed by atoms with Gasteiger partial charge in [0.2, 0.25) is 0 Å². The molecule has 0 N–H and O–H groups in total. The fourth-order valence-corrected chi connectivity index (χ4v) is 9.49. The largest absolute Gasteiger partial charge is 0.493 e. The van der Waals surface area contributed by atoms with Crippen LogP contribution in [0.2, 0.25) is 0 Å². The Balaban J connectivity index is 1.12. The van der Waals surface area contributed by atoms with E-state index in [0.717, 1.165) is 35.3 Å². The van der Waals surface area contributed by atoms with E-state index in [-0.39, 0.29) is 36.5 Å². The third-order valence-corrected chi connectivity index (χ3v) is 12.6. The number of carbonyl (C=O) groups excluding carboxylic acids is 2. The Bertz CT molecular complexity index is 1990. The van der Waals surface area contributed by atoms with Crippen molar-refractivity contribution in [3.8, 4) is 23.0 Å². The molecule has 0 spiro atoms. The van der Waals surface area contributed by atoms with E-state index in [4.69, 9.17) is 28.9 Å². The highest BCUT2D eigenvalue weighted by Crippen LogP contribution is 2.41. The Morgan fingerprint density at radius 2 is 1.37 bits per heavy atom. The van der Waals surface area contributed by atoms with Gasteiger partial charge in [0, 0.05) is 55.5 Å². The second kappa shape index (κ2) is 16.1. The molecule has 2 saturated heterocycles. The number of benzene rings is 2. The van der Waals surface area contributed by atoms with E-state index in [1.807, 2.05) is 33.0 Å². The quantitative estimate of drug-likeness (QED) is 0.156. The smallest absolute Gasteiger partial charge is 0.257 e. The molecular formula is C41H47N5O6S2. The molecule has 0 aromatic heterocycles. The maximum Gasteiger partial charge on any atom is 0.257 e.